The fourth-order valence-electron chi connectivity index (χ4n) is 2.11. The van der Waals surface area contributed by atoms with Gasteiger partial charge in [-0.1, -0.05) is 0 Å². The van der Waals surface area contributed by atoms with Gasteiger partial charge in [-0.05, 0) is 25.4 Å². The molecule has 0 spiro atoms. The van der Waals surface area contributed by atoms with E-state index in [1.807, 2.05) is 0 Å². The molecule has 9 heteroatoms. The Morgan fingerprint density at radius 2 is 2.35 bits per heavy atom. The van der Waals surface area contributed by atoms with Crippen LogP contribution in [-0.4, -0.2) is 44.9 Å². The molecule has 2 rings (SSSR count). The number of aliphatic hydroxyl groups is 1. The minimum absolute atomic E-state index is 0.0000231. The molecule has 1 aliphatic heterocycles. The van der Waals surface area contributed by atoms with E-state index in [4.69, 9.17) is 16.3 Å². The Balaban J connectivity index is 2.23. The summed E-state index contributed by atoms with van der Waals surface area (Å²) in [5, 5.41) is 24.1. The van der Waals surface area contributed by atoms with Crippen LogP contribution in [0.2, 0.25) is 5.28 Å². The van der Waals surface area contributed by atoms with Crippen LogP contribution in [0.15, 0.2) is 0 Å². The van der Waals surface area contributed by atoms with E-state index in [9.17, 15) is 15.2 Å². The molecule has 8 nitrogen and oxygen atoms in total. The van der Waals surface area contributed by atoms with Crippen LogP contribution >= 0.6 is 11.6 Å². The Hall–Kier alpha value is -1.51. The van der Waals surface area contributed by atoms with E-state index in [0.29, 0.717) is 13.0 Å². The fourth-order valence-corrected chi connectivity index (χ4v) is 2.33. The Bertz CT molecular complexity index is 541. The van der Waals surface area contributed by atoms with E-state index >= 15 is 0 Å². The van der Waals surface area contributed by atoms with Gasteiger partial charge in [-0.15, -0.1) is 0 Å². The number of aryl methyl sites for hydroxylation is 1. The summed E-state index contributed by atoms with van der Waals surface area (Å²) < 4.78 is 5.30. The van der Waals surface area contributed by atoms with Gasteiger partial charge in [0.2, 0.25) is 11.1 Å². The number of ether oxygens (including phenoxy) is 1. The molecule has 20 heavy (non-hydrogen) atoms. The van der Waals surface area contributed by atoms with Crippen LogP contribution in [0, 0.1) is 17.0 Å². The van der Waals surface area contributed by atoms with Gasteiger partial charge in [0.1, 0.15) is 11.3 Å². The smallest absolute Gasteiger partial charge is 0.332 e. The summed E-state index contributed by atoms with van der Waals surface area (Å²) in [6.45, 7) is 3.76. The van der Waals surface area contributed by atoms with E-state index < -0.39 is 10.5 Å². The van der Waals surface area contributed by atoms with Gasteiger partial charge in [-0.25, -0.2) is 4.98 Å². The topological polar surface area (TPSA) is 110 Å². The third-order valence-electron chi connectivity index (χ3n) is 3.44. The quantitative estimate of drug-likeness (QED) is 0.490. The molecule has 0 aliphatic carbocycles. The highest BCUT2D eigenvalue weighted by Crippen LogP contribution is 2.30. The molecule has 0 bridgehead atoms. The summed E-state index contributed by atoms with van der Waals surface area (Å²) in [5.41, 5.74) is -1.16. The number of hydrogen-bond donors (Lipinski definition) is 2. The van der Waals surface area contributed by atoms with Crippen molar-refractivity contribution in [3.05, 3.63) is 21.1 Å². The molecule has 1 aromatic heterocycles. The lowest BCUT2D eigenvalue weighted by Crippen LogP contribution is -2.43. The highest BCUT2D eigenvalue weighted by Gasteiger charge is 2.40. The Morgan fingerprint density at radius 1 is 1.65 bits per heavy atom. The van der Waals surface area contributed by atoms with Gasteiger partial charge in [0.15, 0.2) is 0 Å². The van der Waals surface area contributed by atoms with Crippen LogP contribution in [0.1, 0.15) is 19.0 Å². The number of rotatable bonds is 4. The molecule has 1 aliphatic rings. The van der Waals surface area contributed by atoms with E-state index in [1.165, 1.54) is 6.92 Å². The van der Waals surface area contributed by atoms with Gasteiger partial charge in [-0.3, -0.25) is 10.1 Å². The molecule has 0 radical (unpaired) electrons. The zero-order valence-electron chi connectivity index (χ0n) is 11.1. The molecule has 2 N–H and O–H groups in total. The SMILES string of the molecule is Cc1nc(Cl)nc(NCC2(O)CCOC2C)c1[N+](=O)[O-]. The zero-order valence-corrected chi connectivity index (χ0v) is 11.8. The summed E-state index contributed by atoms with van der Waals surface area (Å²) in [4.78, 5) is 18.0. The third-order valence-corrected chi connectivity index (χ3v) is 3.60. The largest absolute Gasteiger partial charge is 0.385 e. The van der Waals surface area contributed by atoms with E-state index in [2.05, 4.69) is 15.3 Å². The van der Waals surface area contributed by atoms with Crippen molar-refractivity contribution in [2.75, 3.05) is 18.5 Å². The second-order valence-corrected chi connectivity index (χ2v) is 5.09. The van der Waals surface area contributed by atoms with Crippen molar-refractivity contribution < 1.29 is 14.8 Å². The normalized spacial score (nSPS) is 25.7. The van der Waals surface area contributed by atoms with E-state index in [0.717, 1.165) is 0 Å². The maximum absolute atomic E-state index is 11.0. The molecule has 0 saturated carbocycles. The van der Waals surface area contributed by atoms with Crippen molar-refractivity contribution in [1.82, 2.24) is 9.97 Å². The maximum Gasteiger partial charge on any atom is 0.332 e. The van der Waals surface area contributed by atoms with Crippen molar-refractivity contribution in [2.45, 2.75) is 32.0 Å². The first kappa shape index (κ1) is 14.9. The summed E-state index contributed by atoms with van der Waals surface area (Å²) >= 11 is 5.71. The van der Waals surface area contributed by atoms with E-state index in [-0.39, 0.29) is 35.1 Å². The molecule has 2 heterocycles. The van der Waals surface area contributed by atoms with Gasteiger partial charge in [0, 0.05) is 19.6 Å². The first-order valence-corrected chi connectivity index (χ1v) is 6.47. The molecule has 1 saturated heterocycles. The summed E-state index contributed by atoms with van der Waals surface area (Å²) in [6, 6.07) is 0. The number of nitrogens with one attached hydrogen (secondary N) is 1. The number of anilines is 1. The van der Waals surface area contributed by atoms with Gasteiger partial charge in [0.25, 0.3) is 0 Å². The van der Waals surface area contributed by atoms with Crippen molar-refractivity contribution in [3.8, 4) is 0 Å². The predicted octanol–water partition coefficient (Wildman–Crippen LogP) is 1.30. The summed E-state index contributed by atoms with van der Waals surface area (Å²) in [6.07, 6.45) is 0.0970. The van der Waals surface area contributed by atoms with Crippen molar-refractivity contribution >= 4 is 23.1 Å². The number of aromatic nitrogens is 2. The van der Waals surface area contributed by atoms with Crippen LogP contribution in [0.5, 0.6) is 0 Å². The molecule has 1 fully saturated rings. The Labute approximate surface area is 120 Å². The van der Waals surface area contributed by atoms with Crippen LogP contribution in [0.25, 0.3) is 0 Å². The van der Waals surface area contributed by atoms with E-state index in [1.54, 1.807) is 6.92 Å². The highest BCUT2D eigenvalue weighted by atomic mass is 35.5. The van der Waals surface area contributed by atoms with Crippen molar-refractivity contribution in [2.24, 2.45) is 0 Å². The molecular formula is C11H15ClN4O4. The van der Waals surface area contributed by atoms with Crippen molar-refractivity contribution in [3.63, 3.8) is 0 Å². The molecule has 110 valence electrons. The lowest BCUT2D eigenvalue weighted by Gasteiger charge is -2.26. The minimum atomic E-state index is -1.08. The summed E-state index contributed by atoms with van der Waals surface area (Å²) in [5.74, 6) is 0.0000231. The lowest BCUT2D eigenvalue weighted by molar-refractivity contribution is -0.385. The molecule has 1 aromatic rings. The minimum Gasteiger partial charge on any atom is -0.385 e. The van der Waals surface area contributed by atoms with Crippen LogP contribution in [-0.2, 0) is 4.74 Å². The Morgan fingerprint density at radius 3 is 2.90 bits per heavy atom. The van der Waals surface area contributed by atoms with Crippen molar-refractivity contribution in [1.29, 1.82) is 0 Å². The van der Waals surface area contributed by atoms with Crippen LogP contribution < -0.4 is 5.32 Å². The average Bonchev–Trinajstić information content (AvgIpc) is 2.66. The molecule has 2 unspecified atom stereocenters. The monoisotopic (exact) mass is 302 g/mol. The first-order valence-electron chi connectivity index (χ1n) is 6.10. The fraction of sp³-hybridized carbons (Fsp3) is 0.636. The van der Waals surface area contributed by atoms with Gasteiger partial charge in [0.05, 0.1) is 11.0 Å². The van der Waals surface area contributed by atoms with Crippen LogP contribution in [0.4, 0.5) is 11.5 Å². The molecular weight excluding hydrogens is 288 g/mol. The second kappa shape index (κ2) is 5.47. The second-order valence-electron chi connectivity index (χ2n) is 4.75. The maximum atomic E-state index is 11.0. The molecule has 0 amide bonds. The molecule has 2 atom stereocenters. The number of hydrogen-bond acceptors (Lipinski definition) is 7. The lowest BCUT2D eigenvalue weighted by atomic mass is 9.97. The first-order chi connectivity index (χ1) is 9.33. The average molecular weight is 303 g/mol. The highest BCUT2D eigenvalue weighted by molar-refractivity contribution is 6.28. The number of halogens is 1. The van der Waals surface area contributed by atoms with Gasteiger partial charge in [-0.2, -0.15) is 4.98 Å². The number of nitro groups is 1. The van der Waals surface area contributed by atoms with Crippen LogP contribution in [0.3, 0.4) is 0 Å². The molecule has 0 aromatic carbocycles. The Kier molecular flexibility index (Phi) is 4.07. The third kappa shape index (κ3) is 2.82. The number of nitrogens with zero attached hydrogens (tertiary/aromatic N) is 3. The zero-order chi connectivity index (χ0) is 14.9. The summed E-state index contributed by atoms with van der Waals surface area (Å²) in [7, 11) is 0. The van der Waals surface area contributed by atoms with Gasteiger partial charge >= 0.3 is 5.69 Å². The standard InChI is InChI=1S/C11H15ClN4O4/c1-6-8(16(18)19)9(15-10(12)14-6)13-5-11(17)3-4-20-7(11)2/h7,17H,3-5H2,1-2H3,(H,13,14,15). The van der Waals surface area contributed by atoms with Gasteiger partial charge < -0.3 is 15.2 Å². The predicted molar refractivity (Wildman–Crippen MR) is 71.9 cm³/mol.